The largest absolute Gasteiger partial charge is 0.497 e. The molecule has 7 heteroatoms. The Kier molecular flexibility index (Phi) is 7.18. The Labute approximate surface area is 136 Å². The summed E-state index contributed by atoms with van der Waals surface area (Å²) in [4.78, 5) is 23.1. The van der Waals surface area contributed by atoms with E-state index in [4.69, 9.17) is 9.47 Å². The molecule has 7 nitrogen and oxygen atoms in total. The van der Waals surface area contributed by atoms with Crippen molar-refractivity contribution in [2.24, 2.45) is 5.92 Å². The second-order valence-corrected chi connectivity index (χ2v) is 5.21. The van der Waals surface area contributed by atoms with Crippen molar-refractivity contribution in [3.8, 4) is 11.5 Å². The maximum Gasteiger partial charge on any atom is 0.326 e. The second kappa shape index (κ2) is 8.87. The monoisotopic (exact) mass is 324 g/mol. The maximum atomic E-state index is 11.9. The first-order valence-corrected chi connectivity index (χ1v) is 7.41. The Morgan fingerprint density at radius 2 is 1.96 bits per heavy atom. The molecular weight excluding hydrogens is 300 g/mol. The molecule has 1 aromatic carbocycles. The number of ether oxygens (including phenoxy) is 2. The molecule has 0 heterocycles. The molecule has 0 aliphatic carbocycles. The Morgan fingerprint density at radius 1 is 1.26 bits per heavy atom. The lowest BCUT2D eigenvalue weighted by molar-refractivity contribution is -0.140. The number of amides is 2. The van der Waals surface area contributed by atoms with Crippen LogP contribution in [-0.2, 0) is 11.3 Å². The predicted octanol–water partition coefficient (Wildman–Crippen LogP) is 2.00. The second-order valence-electron chi connectivity index (χ2n) is 5.21. The lowest BCUT2D eigenvalue weighted by atomic mass is 9.99. The third-order valence-electron chi connectivity index (χ3n) is 3.70. The van der Waals surface area contributed by atoms with E-state index in [0.29, 0.717) is 17.9 Å². The molecule has 0 spiro atoms. The van der Waals surface area contributed by atoms with Crippen molar-refractivity contribution < 1.29 is 24.2 Å². The minimum Gasteiger partial charge on any atom is -0.497 e. The first-order valence-electron chi connectivity index (χ1n) is 7.41. The van der Waals surface area contributed by atoms with Crippen LogP contribution < -0.4 is 20.1 Å². The highest BCUT2D eigenvalue weighted by Gasteiger charge is 2.25. The van der Waals surface area contributed by atoms with Gasteiger partial charge >= 0.3 is 12.0 Å². The molecule has 2 atom stereocenters. The summed E-state index contributed by atoms with van der Waals surface area (Å²) >= 11 is 0. The number of nitrogens with one attached hydrogen (secondary N) is 2. The first-order chi connectivity index (χ1) is 10.9. The summed E-state index contributed by atoms with van der Waals surface area (Å²) in [5, 5.41) is 14.3. The van der Waals surface area contributed by atoms with Gasteiger partial charge in [-0.1, -0.05) is 20.3 Å². The normalized spacial score (nSPS) is 12.9. The van der Waals surface area contributed by atoms with Gasteiger partial charge in [0.05, 0.1) is 14.2 Å². The molecule has 0 radical (unpaired) electrons. The molecule has 2 unspecified atom stereocenters. The summed E-state index contributed by atoms with van der Waals surface area (Å²) in [5.41, 5.74) is 0.763. The first kappa shape index (κ1) is 18.6. The van der Waals surface area contributed by atoms with Crippen LogP contribution >= 0.6 is 0 Å². The van der Waals surface area contributed by atoms with Gasteiger partial charge in [-0.25, -0.2) is 9.59 Å². The molecule has 3 N–H and O–H groups in total. The van der Waals surface area contributed by atoms with Gasteiger partial charge in [0.1, 0.15) is 17.5 Å². The van der Waals surface area contributed by atoms with E-state index in [1.165, 1.54) is 7.11 Å². The van der Waals surface area contributed by atoms with Crippen molar-refractivity contribution in [2.75, 3.05) is 14.2 Å². The Bertz CT molecular complexity index is 547. The van der Waals surface area contributed by atoms with Crippen LogP contribution in [0.15, 0.2) is 18.2 Å². The average molecular weight is 324 g/mol. The maximum absolute atomic E-state index is 11.9. The smallest absolute Gasteiger partial charge is 0.326 e. The fourth-order valence-electron chi connectivity index (χ4n) is 2.05. The van der Waals surface area contributed by atoms with Gasteiger partial charge in [-0.2, -0.15) is 0 Å². The summed E-state index contributed by atoms with van der Waals surface area (Å²) in [6.45, 7) is 3.87. The molecule has 0 saturated carbocycles. The van der Waals surface area contributed by atoms with Crippen LogP contribution in [-0.4, -0.2) is 37.4 Å². The number of urea groups is 1. The number of carboxylic acid groups (broad SMARTS) is 1. The van der Waals surface area contributed by atoms with Crippen LogP contribution in [0.2, 0.25) is 0 Å². The minimum absolute atomic E-state index is 0.159. The molecule has 128 valence electrons. The average Bonchev–Trinajstić information content (AvgIpc) is 2.56. The van der Waals surface area contributed by atoms with Crippen molar-refractivity contribution in [2.45, 2.75) is 32.9 Å². The SMILES string of the molecule is CCC(C)C(NC(=O)NCc1ccc(OC)cc1OC)C(=O)O. The van der Waals surface area contributed by atoms with Gasteiger partial charge in [-0.3, -0.25) is 0 Å². The molecule has 0 aliphatic rings. The third-order valence-corrected chi connectivity index (χ3v) is 3.70. The van der Waals surface area contributed by atoms with Crippen molar-refractivity contribution >= 4 is 12.0 Å². The van der Waals surface area contributed by atoms with Crippen LogP contribution in [0.25, 0.3) is 0 Å². The number of hydrogen-bond acceptors (Lipinski definition) is 4. The van der Waals surface area contributed by atoms with Crippen LogP contribution in [0, 0.1) is 5.92 Å². The molecule has 0 fully saturated rings. The van der Waals surface area contributed by atoms with E-state index in [1.54, 1.807) is 32.2 Å². The number of benzene rings is 1. The van der Waals surface area contributed by atoms with Crippen LogP contribution in [0.5, 0.6) is 11.5 Å². The fourth-order valence-corrected chi connectivity index (χ4v) is 2.05. The highest BCUT2D eigenvalue weighted by atomic mass is 16.5. The van der Waals surface area contributed by atoms with Gasteiger partial charge < -0.3 is 25.2 Å². The fraction of sp³-hybridized carbons (Fsp3) is 0.500. The van der Waals surface area contributed by atoms with Crippen molar-refractivity contribution in [3.05, 3.63) is 23.8 Å². The summed E-state index contributed by atoms with van der Waals surface area (Å²) in [6, 6.07) is 3.81. The zero-order valence-corrected chi connectivity index (χ0v) is 13.9. The molecular formula is C16H24N2O5. The van der Waals surface area contributed by atoms with Crippen molar-refractivity contribution in [1.82, 2.24) is 10.6 Å². The summed E-state index contributed by atoms with van der Waals surface area (Å²) < 4.78 is 10.4. The van der Waals surface area contributed by atoms with Crippen molar-refractivity contribution in [3.63, 3.8) is 0 Å². The van der Waals surface area contributed by atoms with Crippen molar-refractivity contribution in [1.29, 1.82) is 0 Å². The van der Waals surface area contributed by atoms with E-state index >= 15 is 0 Å². The molecule has 1 aromatic rings. The number of rotatable bonds is 8. The lowest BCUT2D eigenvalue weighted by Crippen LogP contribution is -2.48. The van der Waals surface area contributed by atoms with E-state index in [1.807, 2.05) is 6.92 Å². The van der Waals surface area contributed by atoms with E-state index in [0.717, 1.165) is 5.56 Å². The number of hydrogen-bond donors (Lipinski definition) is 3. The van der Waals surface area contributed by atoms with Gasteiger partial charge in [0.2, 0.25) is 0 Å². The number of carbonyl (C=O) groups is 2. The molecule has 0 saturated heterocycles. The van der Waals surface area contributed by atoms with E-state index in [-0.39, 0.29) is 12.5 Å². The van der Waals surface area contributed by atoms with E-state index < -0.39 is 18.0 Å². The van der Waals surface area contributed by atoms with E-state index in [9.17, 15) is 14.7 Å². The van der Waals surface area contributed by atoms with Gasteiger partial charge in [0.15, 0.2) is 0 Å². The predicted molar refractivity (Wildman–Crippen MR) is 85.8 cm³/mol. The number of carbonyl (C=O) groups excluding carboxylic acids is 1. The lowest BCUT2D eigenvalue weighted by Gasteiger charge is -2.20. The topological polar surface area (TPSA) is 96.9 Å². The third kappa shape index (κ3) is 5.36. The zero-order valence-electron chi connectivity index (χ0n) is 13.9. The van der Waals surface area contributed by atoms with Gasteiger partial charge in [0, 0.05) is 18.2 Å². The summed E-state index contributed by atoms with van der Waals surface area (Å²) in [7, 11) is 3.09. The van der Waals surface area contributed by atoms with Crippen LogP contribution in [0.3, 0.4) is 0 Å². The Hall–Kier alpha value is -2.44. The minimum atomic E-state index is -1.04. The molecule has 23 heavy (non-hydrogen) atoms. The molecule has 0 bridgehead atoms. The van der Waals surface area contributed by atoms with Gasteiger partial charge in [-0.15, -0.1) is 0 Å². The Morgan fingerprint density at radius 3 is 2.48 bits per heavy atom. The van der Waals surface area contributed by atoms with Crippen LogP contribution in [0.4, 0.5) is 4.79 Å². The zero-order chi connectivity index (χ0) is 17.4. The Balaban J connectivity index is 2.67. The quantitative estimate of drug-likeness (QED) is 0.679. The molecule has 0 aromatic heterocycles. The summed E-state index contributed by atoms with van der Waals surface area (Å²) in [6.07, 6.45) is 0.656. The van der Waals surface area contributed by atoms with Crippen LogP contribution in [0.1, 0.15) is 25.8 Å². The molecule has 1 rings (SSSR count). The number of aliphatic carboxylic acids is 1. The van der Waals surface area contributed by atoms with Gasteiger partial charge in [0.25, 0.3) is 0 Å². The standard InChI is InChI=1S/C16H24N2O5/c1-5-10(2)14(15(19)20)18-16(21)17-9-11-6-7-12(22-3)8-13(11)23-4/h6-8,10,14H,5,9H2,1-4H3,(H,19,20)(H2,17,18,21). The summed E-state index contributed by atoms with van der Waals surface area (Å²) in [5.74, 6) is 0.0319. The van der Waals surface area contributed by atoms with E-state index in [2.05, 4.69) is 10.6 Å². The van der Waals surface area contributed by atoms with Gasteiger partial charge in [-0.05, 0) is 18.1 Å². The highest BCUT2D eigenvalue weighted by molar-refractivity contribution is 5.82. The highest BCUT2D eigenvalue weighted by Crippen LogP contribution is 2.24. The molecule has 2 amide bonds. The number of carboxylic acids is 1. The number of methoxy groups -OCH3 is 2. The molecule has 0 aliphatic heterocycles.